The summed E-state index contributed by atoms with van der Waals surface area (Å²) in [4.78, 5) is 14.3. The van der Waals surface area contributed by atoms with Crippen LogP contribution in [-0.2, 0) is 12.6 Å². The molecule has 1 aliphatic rings. The number of hydrogen-bond donors (Lipinski definition) is 0. The van der Waals surface area contributed by atoms with Gasteiger partial charge in [-0.1, -0.05) is 15.9 Å². The van der Waals surface area contributed by atoms with Gasteiger partial charge in [-0.2, -0.15) is 18.3 Å². The first kappa shape index (κ1) is 19.4. The Kier molecular flexibility index (Phi) is 4.77. The maximum atomic E-state index is 13.9. The Morgan fingerprint density at radius 1 is 1.21 bits per heavy atom. The molecule has 0 saturated heterocycles. The summed E-state index contributed by atoms with van der Waals surface area (Å²) in [6, 6.07) is 7.94. The average Bonchev–Trinajstić information content (AvgIpc) is 3.31. The Morgan fingerprint density at radius 2 is 2.00 bits per heavy atom. The van der Waals surface area contributed by atoms with Gasteiger partial charge in [0.1, 0.15) is 0 Å². The normalized spacial score (nSPS) is 13.5. The molecule has 2 aromatic heterocycles. The van der Waals surface area contributed by atoms with E-state index in [1.165, 1.54) is 24.1 Å². The van der Waals surface area contributed by atoms with Crippen molar-refractivity contribution < 1.29 is 22.7 Å². The fraction of sp³-hybridized carbons (Fsp3) is 0.222. The van der Waals surface area contributed by atoms with Gasteiger partial charge in [0.2, 0.25) is 5.88 Å². The number of ether oxygens (including phenoxy) is 1. The quantitative estimate of drug-likeness (QED) is 0.587. The highest BCUT2D eigenvalue weighted by atomic mass is 79.9. The highest BCUT2D eigenvalue weighted by molar-refractivity contribution is 9.10. The molecule has 4 rings (SSSR count). The second-order valence-corrected chi connectivity index (χ2v) is 7.15. The highest BCUT2D eigenvalue weighted by Gasteiger charge is 2.42. The molecule has 0 saturated carbocycles. The Hall–Kier alpha value is -2.95. The fourth-order valence-corrected chi connectivity index (χ4v) is 3.62. The molecular formula is C18H13BrF3N5O2. The number of aromatic nitrogens is 4. The van der Waals surface area contributed by atoms with E-state index in [0.29, 0.717) is 16.8 Å². The van der Waals surface area contributed by atoms with Gasteiger partial charge in [-0.05, 0) is 36.2 Å². The monoisotopic (exact) mass is 467 g/mol. The molecule has 0 fully saturated rings. The van der Waals surface area contributed by atoms with Crippen LogP contribution >= 0.6 is 15.9 Å². The van der Waals surface area contributed by atoms with Crippen molar-refractivity contribution in [1.82, 2.24) is 20.0 Å². The summed E-state index contributed by atoms with van der Waals surface area (Å²) >= 11 is 3.36. The zero-order chi connectivity index (χ0) is 20.8. The molecule has 150 valence electrons. The first-order valence-electron chi connectivity index (χ1n) is 8.43. The van der Waals surface area contributed by atoms with E-state index in [2.05, 4.69) is 31.2 Å². The van der Waals surface area contributed by atoms with Crippen LogP contribution in [0, 0.1) is 0 Å². The summed E-state index contributed by atoms with van der Waals surface area (Å²) in [6.07, 6.45) is -3.36. The molecule has 7 nitrogen and oxygen atoms in total. The maximum absolute atomic E-state index is 13.9. The van der Waals surface area contributed by atoms with Crippen molar-refractivity contribution in [1.29, 1.82) is 0 Å². The lowest BCUT2D eigenvalue weighted by Gasteiger charge is -2.18. The molecule has 11 heteroatoms. The van der Waals surface area contributed by atoms with Crippen molar-refractivity contribution >= 4 is 27.5 Å². The molecule has 29 heavy (non-hydrogen) atoms. The van der Waals surface area contributed by atoms with E-state index in [0.717, 1.165) is 16.2 Å². The van der Waals surface area contributed by atoms with Crippen LogP contribution in [0.5, 0.6) is 5.88 Å². The van der Waals surface area contributed by atoms with Crippen LogP contribution in [0.3, 0.4) is 0 Å². The van der Waals surface area contributed by atoms with E-state index in [4.69, 9.17) is 4.74 Å². The van der Waals surface area contributed by atoms with Gasteiger partial charge in [-0.15, -0.1) is 10.2 Å². The number of fused-ring (bicyclic) bond motifs is 1. The Balaban J connectivity index is 1.77. The smallest absolute Gasteiger partial charge is 0.434 e. The number of alkyl halides is 3. The number of benzene rings is 1. The van der Waals surface area contributed by atoms with E-state index in [1.807, 2.05) is 6.07 Å². The van der Waals surface area contributed by atoms with Crippen LogP contribution in [0.1, 0.15) is 21.6 Å². The predicted molar refractivity (Wildman–Crippen MR) is 100 cm³/mol. The lowest BCUT2D eigenvalue weighted by Crippen LogP contribution is -2.31. The maximum Gasteiger partial charge on any atom is 0.434 e. The molecule has 0 aliphatic carbocycles. The molecule has 3 aromatic rings. The summed E-state index contributed by atoms with van der Waals surface area (Å²) in [7, 11) is 1.36. The third kappa shape index (κ3) is 3.46. The lowest BCUT2D eigenvalue weighted by atomic mass is 10.1. The highest BCUT2D eigenvalue weighted by Crippen LogP contribution is 2.36. The molecule has 1 amide bonds. The average molecular weight is 468 g/mol. The van der Waals surface area contributed by atoms with Gasteiger partial charge >= 0.3 is 6.18 Å². The van der Waals surface area contributed by atoms with Gasteiger partial charge in [0.25, 0.3) is 5.91 Å². The van der Waals surface area contributed by atoms with Gasteiger partial charge in [0.05, 0.1) is 18.9 Å². The van der Waals surface area contributed by atoms with Crippen LogP contribution in [-0.4, -0.2) is 39.5 Å². The summed E-state index contributed by atoms with van der Waals surface area (Å²) < 4.78 is 47.8. The molecule has 1 aromatic carbocycles. The number of carbonyl (C=O) groups is 1. The van der Waals surface area contributed by atoms with Crippen LogP contribution in [0.4, 0.5) is 18.9 Å². The van der Waals surface area contributed by atoms with Crippen molar-refractivity contribution in [3.05, 3.63) is 57.8 Å². The number of anilines is 1. The topological polar surface area (TPSA) is 73.1 Å². The summed E-state index contributed by atoms with van der Waals surface area (Å²) in [6.45, 7) is 0.287. The summed E-state index contributed by atoms with van der Waals surface area (Å²) in [5, 5.41) is 11.1. The second-order valence-electron chi connectivity index (χ2n) is 6.23. The zero-order valence-corrected chi connectivity index (χ0v) is 16.5. The van der Waals surface area contributed by atoms with Crippen LogP contribution < -0.4 is 9.64 Å². The van der Waals surface area contributed by atoms with E-state index in [9.17, 15) is 18.0 Å². The minimum absolute atomic E-state index is 0.144. The van der Waals surface area contributed by atoms with E-state index in [1.54, 1.807) is 12.1 Å². The van der Waals surface area contributed by atoms with E-state index in [-0.39, 0.29) is 18.2 Å². The molecule has 0 unspecified atom stereocenters. The van der Waals surface area contributed by atoms with Crippen LogP contribution in [0.15, 0.2) is 41.0 Å². The standard InChI is InChI=1S/C18H13BrF3N5O2/c1-29-15-5-4-14(24-25-15)27-16(18(20,21)22)12(9-23-27)17(28)26-7-6-10-8-11(19)2-3-13(10)26/h2-5,8-9H,6-7H2,1H3. The lowest BCUT2D eigenvalue weighted by molar-refractivity contribution is -0.143. The summed E-state index contributed by atoms with van der Waals surface area (Å²) in [5.74, 6) is -0.806. The molecule has 1 aliphatic heterocycles. The van der Waals surface area contributed by atoms with E-state index >= 15 is 0 Å². The van der Waals surface area contributed by atoms with Gasteiger partial charge in [-0.3, -0.25) is 4.79 Å². The molecule has 0 N–H and O–H groups in total. The third-order valence-corrected chi connectivity index (χ3v) is 5.00. The number of rotatable bonds is 3. The fourth-order valence-electron chi connectivity index (χ4n) is 3.21. The molecule has 0 spiro atoms. The van der Waals surface area contributed by atoms with Gasteiger partial charge in [0.15, 0.2) is 11.5 Å². The molecule has 3 heterocycles. The minimum atomic E-state index is -4.83. The zero-order valence-electron chi connectivity index (χ0n) is 14.9. The largest absolute Gasteiger partial charge is 0.480 e. The minimum Gasteiger partial charge on any atom is -0.480 e. The number of amides is 1. The van der Waals surface area contributed by atoms with Crippen LogP contribution in [0.2, 0.25) is 0 Å². The van der Waals surface area contributed by atoms with Gasteiger partial charge in [0, 0.05) is 22.8 Å². The van der Waals surface area contributed by atoms with Gasteiger partial charge in [-0.25, -0.2) is 4.68 Å². The van der Waals surface area contributed by atoms with Crippen LogP contribution in [0.25, 0.3) is 5.82 Å². The first-order chi connectivity index (χ1) is 13.8. The van der Waals surface area contributed by atoms with Crippen molar-refractivity contribution in [2.45, 2.75) is 12.6 Å². The van der Waals surface area contributed by atoms with E-state index < -0.39 is 23.3 Å². The molecular weight excluding hydrogens is 455 g/mol. The van der Waals surface area contributed by atoms with Crippen molar-refractivity contribution in [2.75, 3.05) is 18.6 Å². The number of halogens is 4. The Labute approximate surface area is 171 Å². The molecule has 0 bridgehead atoms. The SMILES string of the molecule is COc1ccc(-n2ncc(C(=O)N3CCc4cc(Br)ccc43)c2C(F)(F)F)nn1. The number of nitrogens with zero attached hydrogens (tertiary/aromatic N) is 5. The number of carbonyl (C=O) groups excluding carboxylic acids is 1. The summed E-state index contributed by atoms with van der Waals surface area (Å²) in [5.41, 5.74) is -0.281. The van der Waals surface area contributed by atoms with Crippen molar-refractivity contribution in [3.63, 3.8) is 0 Å². The third-order valence-electron chi connectivity index (χ3n) is 4.50. The number of methoxy groups -OCH3 is 1. The number of hydrogen-bond acceptors (Lipinski definition) is 5. The predicted octanol–water partition coefficient (Wildman–Crippen LogP) is 3.66. The molecule has 0 atom stereocenters. The Bertz CT molecular complexity index is 1080. The first-order valence-corrected chi connectivity index (χ1v) is 9.22. The van der Waals surface area contributed by atoms with Gasteiger partial charge < -0.3 is 9.64 Å². The molecule has 0 radical (unpaired) electrons. The Morgan fingerprint density at radius 3 is 2.66 bits per heavy atom. The van der Waals surface area contributed by atoms with Crippen molar-refractivity contribution in [2.24, 2.45) is 0 Å². The second kappa shape index (κ2) is 7.14. The van der Waals surface area contributed by atoms with Crippen molar-refractivity contribution in [3.8, 4) is 11.7 Å².